The summed E-state index contributed by atoms with van der Waals surface area (Å²) in [6.07, 6.45) is 3.85. The maximum atomic E-state index is 5.70. The Hall–Kier alpha value is -1.78. The highest BCUT2D eigenvalue weighted by Gasteiger charge is 2.05. The van der Waals surface area contributed by atoms with Crippen LogP contribution in [-0.2, 0) is 4.74 Å². The Morgan fingerprint density at radius 2 is 1.59 bits per heavy atom. The minimum Gasteiger partial charge on any atom is -0.490 e. The molecule has 0 amide bonds. The molecule has 0 atom stereocenters. The van der Waals surface area contributed by atoms with Crippen molar-refractivity contribution in [3.63, 3.8) is 0 Å². The Morgan fingerprint density at radius 3 is 2.18 bits per heavy atom. The van der Waals surface area contributed by atoms with Crippen LogP contribution in [0.2, 0.25) is 0 Å². The van der Waals surface area contributed by atoms with Crippen LogP contribution in [-0.4, -0.2) is 46.1 Å². The number of nitrogens with one attached hydrogen (secondary N) is 1. The van der Waals surface area contributed by atoms with E-state index in [2.05, 4.69) is 13.2 Å². The van der Waals surface area contributed by atoms with Crippen molar-refractivity contribution >= 4 is 0 Å². The average Bonchev–Trinajstić information content (AvgIpc) is 2.53. The fourth-order valence-electron chi connectivity index (χ4n) is 2.07. The van der Waals surface area contributed by atoms with Crippen molar-refractivity contribution in [2.24, 2.45) is 0 Å². The van der Waals surface area contributed by atoms with E-state index in [1.807, 2.05) is 43.3 Å². The number of para-hydroxylation sites is 2. The van der Waals surface area contributed by atoms with Crippen molar-refractivity contribution in [3.8, 4) is 11.5 Å². The molecule has 0 aliphatic heterocycles. The molecule has 0 aromatic heterocycles. The van der Waals surface area contributed by atoms with Gasteiger partial charge in [0, 0.05) is 0 Å². The number of hydrogen-bond donors (Lipinski definition) is 1. The topological polar surface area (TPSA) is 32.1 Å². The highest BCUT2D eigenvalue weighted by molar-refractivity contribution is 5.39. The largest absolute Gasteiger partial charge is 0.490 e. The normalized spacial score (nSPS) is 10.5. The van der Waals surface area contributed by atoms with E-state index < -0.39 is 0 Å². The van der Waals surface area contributed by atoms with Crippen LogP contribution in [0.3, 0.4) is 0 Å². The molecule has 0 bridgehead atoms. The van der Waals surface area contributed by atoms with Crippen LogP contribution in [0.25, 0.3) is 0 Å². The lowest BCUT2D eigenvalue weighted by Gasteiger charge is -2.16. The van der Waals surface area contributed by atoms with Gasteiger partial charge in [-0.15, -0.1) is 0 Å². The molecule has 0 radical (unpaired) electrons. The van der Waals surface area contributed by atoms with Gasteiger partial charge in [-0.25, -0.2) is 0 Å². The van der Waals surface area contributed by atoms with Crippen LogP contribution >= 0.6 is 0 Å². The van der Waals surface area contributed by atoms with Crippen LogP contribution in [0.1, 0.15) is 6.92 Å². The summed E-state index contributed by atoms with van der Waals surface area (Å²) in [7, 11) is 0. The van der Waals surface area contributed by atoms with Crippen LogP contribution in [0.4, 0.5) is 0 Å². The standard InChI is InChI=1S/C18H27NO3/c1-4-11-19(12-5-2)13-14-20-15-16-22-18-10-8-7-9-17(18)21-6-3/h4-5,7-10H,1-2,6,11-16H2,3H3/p+1. The Balaban J connectivity index is 2.20. The first-order chi connectivity index (χ1) is 10.8. The number of rotatable bonds is 13. The van der Waals surface area contributed by atoms with E-state index in [4.69, 9.17) is 14.2 Å². The number of hydrogen-bond acceptors (Lipinski definition) is 3. The fourth-order valence-corrected chi connectivity index (χ4v) is 2.07. The smallest absolute Gasteiger partial charge is 0.161 e. The van der Waals surface area contributed by atoms with E-state index in [1.165, 1.54) is 4.90 Å². The molecule has 1 aromatic carbocycles. The van der Waals surface area contributed by atoms with Gasteiger partial charge in [0.15, 0.2) is 11.5 Å². The van der Waals surface area contributed by atoms with Gasteiger partial charge in [-0.3, -0.25) is 0 Å². The maximum Gasteiger partial charge on any atom is 0.161 e. The molecule has 0 saturated heterocycles. The molecule has 4 nitrogen and oxygen atoms in total. The van der Waals surface area contributed by atoms with Gasteiger partial charge in [-0.2, -0.15) is 0 Å². The summed E-state index contributed by atoms with van der Waals surface area (Å²) in [6.45, 7) is 14.7. The van der Waals surface area contributed by atoms with Crippen molar-refractivity contribution in [1.82, 2.24) is 0 Å². The molecular formula is C18H28NO3+. The molecule has 4 heteroatoms. The summed E-state index contributed by atoms with van der Waals surface area (Å²) >= 11 is 0. The second kappa shape index (κ2) is 11.8. The molecule has 1 N–H and O–H groups in total. The lowest BCUT2D eigenvalue weighted by Crippen LogP contribution is -3.12. The molecule has 22 heavy (non-hydrogen) atoms. The molecule has 0 saturated carbocycles. The molecule has 122 valence electrons. The minimum absolute atomic E-state index is 0.516. The Morgan fingerprint density at radius 1 is 0.955 bits per heavy atom. The van der Waals surface area contributed by atoms with Gasteiger partial charge < -0.3 is 19.1 Å². The van der Waals surface area contributed by atoms with Crippen LogP contribution in [0.15, 0.2) is 49.6 Å². The lowest BCUT2D eigenvalue weighted by molar-refractivity contribution is -0.888. The predicted octanol–water partition coefficient (Wildman–Crippen LogP) is 1.74. The molecule has 1 rings (SSSR count). The Bertz CT molecular complexity index is 424. The summed E-state index contributed by atoms with van der Waals surface area (Å²) in [5.41, 5.74) is 0. The highest BCUT2D eigenvalue weighted by Crippen LogP contribution is 2.26. The monoisotopic (exact) mass is 306 g/mol. The summed E-state index contributed by atoms with van der Waals surface area (Å²) in [5, 5.41) is 0. The van der Waals surface area contributed by atoms with Crippen molar-refractivity contribution < 1.29 is 19.1 Å². The zero-order valence-corrected chi connectivity index (χ0v) is 13.6. The van der Waals surface area contributed by atoms with E-state index in [-0.39, 0.29) is 0 Å². The van der Waals surface area contributed by atoms with Crippen molar-refractivity contribution in [1.29, 1.82) is 0 Å². The molecule has 0 unspecified atom stereocenters. The Labute approximate surface area is 134 Å². The van der Waals surface area contributed by atoms with Gasteiger partial charge in [-0.05, 0) is 31.2 Å². The van der Waals surface area contributed by atoms with Gasteiger partial charge in [0.1, 0.15) is 13.2 Å². The quantitative estimate of drug-likeness (QED) is 0.445. The van der Waals surface area contributed by atoms with Gasteiger partial charge in [0.2, 0.25) is 0 Å². The number of ether oxygens (including phenoxy) is 3. The van der Waals surface area contributed by atoms with E-state index in [1.54, 1.807) is 0 Å². The summed E-state index contributed by atoms with van der Waals surface area (Å²) in [4.78, 5) is 1.40. The first kappa shape index (κ1) is 18.3. The van der Waals surface area contributed by atoms with E-state index in [0.717, 1.165) is 31.1 Å². The van der Waals surface area contributed by atoms with Crippen LogP contribution in [0.5, 0.6) is 11.5 Å². The SMILES string of the molecule is C=CC[NH+](CC=C)CCOCCOc1ccccc1OCC. The van der Waals surface area contributed by atoms with E-state index in [9.17, 15) is 0 Å². The Kier molecular flexibility index (Phi) is 9.83. The summed E-state index contributed by atoms with van der Waals surface area (Å²) < 4.78 is 16.8. The predicted molar refractivity (Wildman–Crippen MR) is 89.9 cm³/mol. The van der Waals surface area contributed by atoms with Crippen molar-refractivity contribution in [3.05, 3.63) is 49.6 Å². The van der Waals surface area contributed by atoms with Gasteiger partial charge in [0.05, 0.1) is 32.9 Å². The molecule has 1 aromatic rings. The van der Waals surface area contributed by atoms with Crippen molar-refractivity contribution in [2.45, 2.75) is 6.92 Å². The van der Waals surface area contributed by atoms with E-state index in [0.29, 0.717) is 26.4 Å². The van der Waals surface area contributed by atoms with Gasteiger partial charge in [-0.1, -0.05) is 25.3 Å². The zero-order chi connectivity index (χ0) is 16.0. The lowest BCUT2D eigenvalue weighted by atomic mass is 10.3. The number of benzene rings is 1. The van der Waals surface area contributed by atoms with E-state index >= 15 is 0 Å². The fraction of sp³-hybridized carbons (Fsp3) is 0.444. The maximum absolute atomic E-state index is 5.70. The summed E-state index contributed by atoms with van der Waals surface area (Å²) in [5.74, 6) is 1.54. The van der Waals surface area contributed by atoms with Gasteiger partial charge in [0.25, 0.3) is 0 Å². The highest BCUT2D eigenvalue weighted by atomic mass is 16.5. The first-order valence-corrected chi connectivity index (χ1v) is 7.79. The summed E-state index contributed by atoms with van der Waals surface area (Å²) in [6, 6.07) is 7.69. The molecular weight excluding hydrogens is 278 g/mol. The molecule has 0 aliphatic carbocycles. The van der Waals surface area contributed by atoms with Crippen LogP contribution < -0.4 is 14.4 Å². The van der Waals surface area contributed by atoms with Gasteiger partial charge >= 0.3 is 0 Å². The second-order valence-electron chi connectivity index (χ2n) is 4.83. The molecule has 0 spiro atoms. The minimum atomic E-state index is 0.516. The third-order valence-corrected chi connectivity index (χ3v) is 3.10. The molecule has 0 aliphatic rings. The average molecular weight is 306 g/mol. The third kappa shape index (κ3) is 7.29. The number of quaternary nitrogens is 1. The zero-order valence-electron chi connectivity index (χ0n) is 13.6. The van der Waals surface area contributed by atoms with Crippen LogP contribution in [0, 0.1) is 0 Å². The third-order valence-electron chi connectivity index (χ3n) is 3.10. The second-order valence-corrected chi connectivity index (χ2v) is 4.83. The molecule has 0 heterocycles. The molecule has 0 fully saturated rings. The first-order valence-electron chi connectivity index (χ1n) is 7.79. The van der Waals surface area contributed by atoms with Crippen molar-refractivity contribution in [2.75, 3.05) is 46.1 Å².